The van der Waals surface area contributed by atoms with E-state index < -0.39 is 0 Å². The Labute approximate surface area is 102 Å². The van der Waals surface area contributed by atoms with Crippen LogP contribution in [0.4, 0.5) is 0 Å². The van der Waals surface area contributed by atoms with Crippen LogP contribution in [-0.2, 0) is 4.74 Å². The molecule has 0 amide bonds. The average molecular weight is 233 g/mol. The molecule has 0 radical (unpaired) electrons. The highest BCUT2D eigenvalue weighted by Gasteiger charge is 2.15. The highest BCUT2D eigenvalue weighted by molar-refractivity contribution is 5.32. The summed E-state index contributed by atoms with van der Waals surface area (Å²) in [4.78, 5) is 0. The van der Waals surface area contributed by atoms with Crippen molar-refractivity contribution in [3.63, 3.8) is 0 Å². The number of nitrogens with two attached hydrogens (primary N) is 1. The largest absolute Gasteiger partial charge is 0.496 e. The molecule has 1 aromatic rings. The fourth-order valence-electron chi connectivity index (χ4n) is 1.90. The summed E-state index contributed by atoms with van der Waals surface area (Å²) in [6.07, 6.45) is 4.23. The molecule has 0 saturated heterocycles. The summed E-state index contributed by atoms with van der Waals surface area (Å²) >= 11 is 0. The van der Waals surface area contributed by atoms with Gasteiger partial charge < -0.3 is 15.2 Å². The maximum atomic E-state index is 6.16. The summed E-state index contributed by atoms with van der Waals surface area (Å²) < 4.78 is 11.0. The summed E-state index contributed by atoms with van der Waals surface area (Å²) in [7, 11) is 0. The maximum absolute atomic E-state index is 6.16. The molecule has 1 aliphatic heterocycles. The minimum absolute atomic E-state index is 0.161. The molecule has 92 valence electrons. The van der Waals surface area contributed by atoms with Crippen LogP contribution in [0.15, 0.2) is 36.1 Å². The summed E-state index contributed by atoms with van der Waals surface area (Å²) in [5, 5.41) is 0. The van der Waals surface area contributed by atoms with Crippen LogP contribution in [0.3, 0.4) is 0 Å². The van der Waals surface area contributed by atoms with E-state index in [1.165, 1.54) is 0 Å². The smallest absolute Gasteiger partial charge is 0.119 e. The predicted octanol–water partition coefficient (Wildman–Crippen LogP) is 2.78. The Hall–Kier alpha value is -1.48. The zero-order valence-electron chi connectivity index (χ0n) is 10.2. The summed E-state index contributed by atoms with van der Waals surface area (Å²) in [6.45, 7) is 3.43. The monoisotopic (exact) mass is 233 g/mol. The molecule has 2 rings (SSSR count). The van der Waals surface area contributed by atoms with Crippen LogP contribution in [0.2, 0.25) is 0 Å². The van der Waals surface area contributed by atoms with Crippen molar-refractivity contribution in [1.29, 1.82) is 0 Å². The maximum Gasteiger partial charge on any atom is 0.119 e. The fourth-order valence-corrected chi connectivity index (χ4v) is 1.90. The van der Waals surface area contributed by atoms with E-state index in [0.29, 0.717) is 6.61 Å². The Morgan fingerprint density at radius 2 is 2.12 bits per heavy atom. The quantitative estimate of drug-likeness (QED) is 0.869. The molecule has 2 N–H and O–H groups in total. The van der Waals surface area contributed by atoms with Crippen molar-refractivity contribution in [2.75, 3.05) is 13.2 Å². The second-order valence-corrected chi connectivity index (χ2v) is 4.08. The van der Waals surface area contributed by atoms with Crippen LogP contribution < -0.4 is 10.5 Å². The lowest BCUT2D eigenvalue weighted by Gasteiger charge is -2.21. The van der Waals surface area contributed by atoms with Crippen molar-refractivity contribution in [1.82, 2.24) is 0 Å². The van der Waals surface area contributed by atoms with Gasteiger partial charge in [-0.2, -0.15) is 0 Å². The first kappa shape index (κ1) is 12.0. The fraction of sp³-hybridized carbons (Fsp3) is 0.429. The second-order valence-electron chi connectivity index (χ2n) is 4.08. The summed E-state index contributed by atoms with van der Waals surface area (Å²) in [6, 6.07) is 7.72. The van der Waals surface area contributed by atoms with Crippen LogP contribution in [0.5, 0.6) is 5.75 Å². The van der Waals surface area contributed by atoms with E-state index in [-0.39, 0.29) is 6.04 Å². The Morgan fingerprint density at radius 3 is 2.71 bits per heavy atom. The average Bonchev–Trinajstić information content (AvgIpc) is 2.40. The molecule has 0 saturated carbocycles. The van der Waals surface area contributed by atoms with Crippen molar-refractivity contribution >= 4 is 0 Å². The van der Waals surface area contributed by atoms with E-state index in [1.54, 1.807) is 0 Å². The highest BCUT2D eigenvalue weighted by Crippen LogP contribution is 2.25. The Kier molecular flexibility index (Phi) is 4.04. The van der Waals surface area contributed by atoms with Crippen LogP contribution in [-0.4, -0.2) is 13.2 Å². The SMILES string of the molecule is CCOc1ccc(C(N)C2=CCCCO2)cc1. The van der Waals surface area contributed by atoms with E-state index >= 15 is 0 Å². The molecule has 17 heavy (non-hydrogen) atoms. The van der Waals surface area contributed by atoms with Gasteiger partial charge in [-0.1, -0.05) is 12.1 Å². The minimum atomic E-state index is -0.161. The highest BCUT2D eigenvalue weighted by atomic mass is 16.5. The number of benzene rings is 1. The van der Waals surface area contributed by atoms with Crippen LogP contribution in [0, 0.1) is 0 Å². The zero-order valence-corrected chi connectivity index (χ0v) is 10.2. The first-order chi connectivity index (χ1) is 8.31. The Balaban J connectivity index is 2.08. The molecule has 1 aliphatic rings. The third-order valence-electron chi connectivity index (χ3n) is 2.82. The zero-order chi connectivity index (χ0) is 12.1. The molecule has 0 fully saturated rings. The lowest BCUT2D eigenvalue weighted by Crippen LogP contribution is -2.17. The number of hydrogen-bond acceptors (Lipinski definition) is 3. The normalized spacial score (nSPS) is 16.9. The number of allylic oxidation sites excluding steroid dienone is 1. The second kappa shape index (κ2) is 5.73. The van der Waals surface area contributed by atoms with Gasteiger partial charge in [-0.3, -0.25) is 0 Å². The van der Waals surface area contributed by atoms with Crippen LogP contribution in [0.25, 0.3) is 0 Å². The summed E-state index contributed by atoms with van der Waals surface area (Å²) in [5.41, 5.74) is 7.22. The van der Waals surface area contributed by atoms with Crippen molar-refractivity contribution < 1.29 is 9.47 Å². The molecule has 1 unspecified atom stereocenters. The van der Waals surface area contributed by atoms with Gasteiger partial charge in [-0.25, -0.2) is 0 Å². The van der Waals surface area contributed by atoms with Gasteiger partial charge in [0.05, 0.1) is 19.3 Å². The van der Waals surface area contributed by atoms with Gasteiger partial charge in [0, 0.05) is 0 Å². The molecule has 0 aliphatic carbocycles. The van der Waals surface area contributed by atoms with Gasteiger partial charge in [0.15, 0.2) is 0 Å². The van der Waals surface area contributed by atoms with Gasteiger partial charge in [0.2, 0.25) is 0 Å². The molecule has 3 nitrogen and oxygen atoms in total. The van der Waals surface area contributed by atoms with Gasteiger partial charge >= 0.3 is 0 Å². The molecule has 1 heterocycles. The summed E-state index contributed by atoms with van der Waals surface area (Å²) in [5.74, 6) is 1.77. The Bertz CT molecular complexity index is 384. The topological polar surface area (TPSA) is 44.5 Å². The molecule has 0 aromatic heterocycles. The first-order valence-electron chi connectivity index (χ1n) is 6.12. The minimum Gasteiger partial charge on any atom is -0.496 e. The van der Waals surface area contributed by atoms with E-state index in [0.717, 1.165) is 36.5 Å². The molecular formula is C14H19NO2. The van der Waals surface area contributed by atoms with Crippen molar-refractivity contribution in [2.24, 2.45) is 5.73 Å². The molecule has 0 bridgehead atoms. The lowest BCUT2D eigenvalue weighted by atomic mass is 10.0. The molecule has 0 spiro atoms. The van der Waals surface area contributed by atoms with Crippen LogP contribution >= 0.6 is 0 Å². The number of ether oxygens (including phenoxy) is 2. The first-order valence-corrected chi connectivity index (χ1v) is 6.12. The molecular weight excluding hydrogens is 214 g/mol. The molecule has 1 atom stereocenters. The van der Waals surface area contributed by atoms with Crippen LogP contribution in [0.1, 0.15) is 31.4 Å². The molecule has 1 aromatic carbocycles. The van der Waals surface area contributed by atoms with Gasteiger partial charge in [0.1, 0.15) is 11.5 Å². The van der Waals surface area contributed by atoms with Gasteiger partial charge in [0.25, 0.3) is 0 Å². The third-order valence-corrected chi connectivity index (χ3v) is 2.82. The van der Waals surface area contributed by atoms with Crippen molar-refractivity contribution in [2.45, 2.75) is 25.8 Å². The number of rotatable bonds is 4. The van der Waals surface area contributed by atoms with E-state index in [1.807, 2.05) is 31.2 Å². The molecule has 3 heteroatoms. The van der Waals surface area contributed by atoms with E-state index in [2.05, 4.69) is 6.08 Å². The van der Waals surface area contributed by atoms with E-state index in [4.69, 9.17) is 15.2 Å². The van der Waals surface area contributed by atoms with Crippen molar-refractivity contribution in [3.05, 3.63) is 41.7 Å². The standard InChI is InChI=1S/C14H19NO2/c1-2-16-12-8-6-11(7-9-12)14(15)13-5-3-4-10-17-13/h5-9,14H,2-4,10,15H2,1H3. The third kappa shape index (κ3) is 3.01. The number of hydrogen-bond donors (Lipinski definition) is 1. The Morgan fingerprint density at radius 1 is 1.35 bits per heavy atom. The van der Waals surface area contributed by atoms with E-state index in [9.17, 15) is 0 Å². The van der Waals surface area contributed by atoms with Crippen molar-refractivity contribution in [3.8, 4) is 5.75 Å². The van der Waals surface area contributed by atoms with Gasteiger partial charge in [-0.05, 0) is 43.5 Å². The lowest BCUT2D eigenvalue weighted by molar-refractivity contribution is 0.176. The predicted molar refractivity (Wildman–Crippen MR) is 67.8 cm³/mol. The van der Waals surface area contributed by atoms with Gasteiger partial charge in [-0.15, -0.1) is 0 Å².